The molecule has 9 nitrogen and oxygen atoms in total. The molecule has 2 amide bonds. The normalized spacial score (nSPS) is 16.3. The number of aromatic nitrogens is 3. The van der Waals surface area contributed by atoms with Crippen LogP contribution in [0.15, 0.2) is 18.2 Å². The fourth-order valence-electron chi connectivity index (χ4n) is 4.98. The lowest BCUT2D eigenvalue weighted by atomic mass is 10.0. The lowest BCUT2D eigenvalue weighted by Gasteiger charge is -2.35. The monoisotopic (exact) mass is 542 g/mol. The first-order valence-corrected chi connectivity index (χ1v) is 13.1. The third-order valence-electron chi connectivity index (χ3n) is 6.96. The quantitative estimate of drug-likeness (QED) is 0.489. The van der Waals surface area contributed by atoms with Crippen molar-refractivity contribution in [3.05, 3.63) is 62.8 Å². The number of aryl methyl sites for hydroxylation is 2. The van der Waals surface area contributed by atoms with E-state index >= 15 is 0 Å². The van der Waals surface area contributed by atoms with Gasteiger partial charge in [-0.25, -0.2) is 18.7 Å². The SMILES string of the molecule is Cc1nc2c3c(nn2c(C)c1Cl)CN(C(=O)c1ccc(F)cc1CN1CCN(C(=O)OC(C)(C)C)CC1)C3. The van der Waals surface area contributed by atoms with E-state index in [1.54, 1.807) is 20.4 Å². The van der Waals surface area contributed by atoms with Crippen LogP contribution in [-0.4, -0.2) is 73.1 Å². The zero-order chi connectivity index (χ0) is 27.4. The predicted molar refractivity (Wildman–Crippen MR) is 141 cm³/mol. The second kappa shape index (κ2) is 9.81. The number of amides is 2. The van der Waals surface area contributed by atoms with Crippen molar-refractivity contribution in [2.24, 2.45) is 0 Å². The molecular weight excluding hydrogens is 511 g/mol. The maximum absolute atomic E-state index is 14.3. The van der Waals surface area contributed by atoms with Gasteiger partial charge in [0.25, 0.3) is 5.91 Å². The van der Waals surface area contributed by atoms with Crippen LogP contribution < -0.4 is 0 Å². The Morgan fingerprint density at radius 1 is 1.08 bits per heavy atom. The minimum atomic E-state index is -0.551. The van der Waals surface area contributed by atoms with Gasteiger partial charge in [0.15, 0.2) is 5.65 Å². The second-order valence-corrected chi connectivity index (χ2v) is 11.3. The summed E-state index contributed by atoms with van der Waals surface area (Å²) in [6, 6.07) is 4.30. The molecule has 0 aliphatic carbocycles. The largest absolute Gasteiger partial charge is 0.444 e. The van der Waals surface area contributed by atoms with Gasteiger partial charge < -0.3 is 14.5 Å². The number of carbonyl (C=O) groups excluding carboxylic acids is 2. The van der Waals surface area contributed by atoms with Crippen molar-refractivity contribution in [1.29, 1.82) is 0 Å². The zero-order valence-electron chi connectivity index (χ0n) is 22.3. The van der Waals surface area contributed by atoms with E-state index < -0.39 is 11.4 Å². The molecule has 1 aromatic carbocycles. The van der Waals surface area contributed by atoms with E-state index in [2.05, 4.69) is 15.0 Å². The van der Waals surface area contributed by atoms with Crippen molar-refractivity contribution in [2.45, 2.75) is 59.9 Å². The fourth-order valence-corrected chi connectivity index (χ4v) is 5.11. The van der Waals surface area contributed by atoms with Crippen LogP contribution >= 0.6 is 11.6 Å². The van der Waals surface area contributed by atoms with Crippen molar-refractivity contribution in [2.75, 3.05) is 26.2 Å². The Kier molecular flexibility index (Phi) is 6.81. The lowest BCUT2D eigenvalue weighted by Crippen LogP contribution is -2.49. The average Bonchev–Trinajstić information content (AvgIpc) is 3.41. The smallest absolute Gasteiger partial charge is 0.410 e. The highest BCUT2D eigenvalue weighted by atomic mass is 35.5. The number of rotatable bonds is 3. The molecule has 11 heteroatoms. The fraction of sp³-hybridized carbons (Fsp3) is 0.481. The first-order chi connectivity index (χ1) is 17.9. The summed E-state index contributed by atoms with van der Waals surface area (Å²) in [6.45, 7) is 12.6. The number of carbonyl (C=O) groups is 2. The molecule has 1 fully saturated rings. The van der Waals surface area contributed by atoms with Crippen LogP contribution in [0, 0.1) is 19.7 Å². The van der Waals surface area contributed by atoms with E-state index in [0.29, 0.717) is 67.6 Å². The van der Waals surface area contributed by atoms with Crippen molar-refractivity contribution in [3.63, 3.8) is 0 Å². The molecule has 0 atom stereocenters. The molecule has 0 N–H and O–H groups in total. The molecule has 0 unspecified atom stereocenters. The summed E-state index contributed by atoms with van der Waals surface area (Å²) in [7, 11) is 0. The summed E-state index contributed by atoms with van der Waals surface area (Å²) in [6.07, 6.45) is -0.333. The van der Waals surface area contributed by atoms with Crippen molar-refractivity contribution in [1.82, 2.24) is 29.3 Å². The lowest BCUT2D eigenvalue weighted by molar-refractivity contribution is 0.0139. The third kappa shape index (κ3) is 5.07. The maximum Gasteiger partial charge on any atom is 0.410 e. The molecule has 2 aliphatic heterocycles. The highest BCUT2D eigenvalue weighted by molar-refractivity contribution is 6.31. The number of nitrogens with zero attached hydrogens (tertiary/aromatic N) is 6. The topological polar surface area (TPSA) is 83.3 Å². The Morgan fingerprint density at radius 3 is 2.47 bits per heavy atom. The number of benzene rings is 1. The van der Waals surface area contributed by atoms with Crippen LogP contribution in [0.2, 0.25) is 5.02 Å². The van der Waals surface area contributed by atoms with Crippen LogP contribution in [0.5, 0.6) is 0 Å². The van der Waals surface area contributed by atoms with Gasteiger partial charge in [0.05, 0.1) is 35.2 Å². The summed E-state index contributed by atoms with van der Waals surface area (Å²) < 4.78 is 21.5. The minimum absolute atomic E-state index is 0.175. The summed E-state index contributed by atoms with van der Waals surface area (Å²) in [4.78, 5) is 36.1. The molecule has 0 radical (unpaired) electrons. The van der Waals surface area contributed by atoms with Crippen LogP contribution in [0.25, 0.3) is 5.65 Å². The first kappa shape index (κ1) is 26.4. The molecule has 1 saturated heterocycles. The number of piperazine rings is 1. The van der Waals surface area contributed by atoms with Gasteiger partial charge >= 0.3 is 6.09 Å². The van der Waals surface area contributed by atoms with E-state index in [1.165, 1.54) is 12.1 Å². The molecule has 0 spiro atoms. The highest BCUT2D eigenvalue weighted by Gasteiger charge is 2.32. The van der Waals surface area contributed by atoms with E-state index in [0.717, 1.165) is 22.6 Å². The van der Waals surface area contributed by atoms with E-state index in [1.807, 2.05) is 34.6 Å². The van der Waals surface area contributed by atoms with Gasteiger partial charge in [-0.05, 0) is 58.4 Å². The molecule has 2 aromatic heterocycles. The Labute approximate surface area is 226 Å². The Morgan fingerprint density at radius 2 is 1.79 bits per heavy atom. The first-order valence-electron chi connectivity index (χ1n) is 12.7. The van der Waals surface area contributed by atoms with Gasteiger partial charge in [-0.2, -0.15) is 5.10 Å². The Hall–Kier alpha value is -3.24. The number of fused-ring (bicyclic) bond motifs is 3. The third-order valence-corrected chi connectivity index (χ3v) is 7.51. The zero-order valence-corrected chi connectivity index (χ0v) is 23.1. The van der Waals surface area contributed by atoms with Gasteiger partial charge in [-0.1, -0.05) is 11.6 Å². The standard InChI is InChI=1S/C27H32ClFN6O3/c1-16-23(28)17(2)35-24(30-16)21-14-34(15-22(21)31-35)25(36)20-7-6-19(29)12-18(20)13-32-8-10-33(11-9-32)26(37)38-27(3,4)5/h6-7,12H,8-11,13-15H2,1-5H3. The maximum atomic E-state index is 14.3. The molecule has 3 aromatic rings. The van der Waals surface area contributed by atoms with Gasteiger partial charge in [0, 0.05) is 43.9 Å². The molecule has 202 valence electrons. The molecule has 4 heterocycles. The number of hydrogen-bond acceptors (Lipinski definition) is 6. The molecule has 0 bridgehead atoms. The Balaban J connectivity index is 1.30. The summed E-state index contributed by atoms with van der Waals surface area (Å²) in [5.41, 5.74) is 4.47. The van der Waals surface area contributed by atoms with Crippen LogP contribution in [-0.2, 0) is 24.4 Å². The second-order valence-electron chi connectivity index (χ2n) is 11.0. The minimum Gasteiger partial charge on any atom is -0.444 e. The van der Waals surface area contributed by atoms with Crippen LogP contribution in [0.3, 0.4) is 0 Å². The predicted octanol–water partition coefficient (Wildman–Crippen LogP) is 4.35. The van der Waals surface area contributed by atoms with E-state index in [9.17, 15) is 14.0 Å². The van der Waals surface area contributed by atoms with Crippen molar-refractivity contribution < 1.29 is 18.7 Å². The van der Waals surface area contributed by atoms with Crippen LogP contribution in [0.1, 0.15) is 59.3 Å². The number of halogens is 2. The highest BCUT2D eigenvalue weighted by Crippen LogP contribution is 2.30. The van der Waals surface area contributed by atoms with Gasteiger partial charge in [0.1, 0.15) is 11.4 Å². The van der Waals surface area contributed by atoms with Crippen molar-refractivity contribution in [3.8, 4) is 0 Å². The number of hydrogen-bond donors (Lipinski definition) is 0. The molecule has 5 rings (SSSR count). The van der Waals surface area contributed by atoms with E-state index in [-0.39, 0.29) is 12.0 Å². The molecule has 38 heavy (non-hydrogen) atoms. The van der Waals surface area contributed by atoms with Gasteiger partial charge in [-0.15, -0.1) is 0 Å². The molecule has 0 saturated carbocycles. The summed E-state index contributed by atoms with van der Waals surface area (Å²) in [5.74, 6) is -0.565. The molecular formula is C27H32ClFN6O3. The summed E-state index contributed by atoms with van der Waals surface area (Å²) >= 11 is 6.35. The van der Waals surface area contributed by atoms with Crippen LogP contribution in [0.4, 0.5) is 9.18 Å². The van der Waals surface area contributed by atoms with E-state index in [4.69, 9.17) is 16.3 Å². The van der Waals surface area contributed by atoms with Crippen molar-refractivity contribution >= 4 is 29.2 Å². The Bertz CT molecular complexity index is 1420. The number of ether oxygens (including phenoxy) is 1. The summed E-state index contributed by atoms with van der Waals surface area (Å²) in [5, 5.41) is 5.24. The van der Waals surface area contributed by atoms with Gasteiger partial charge in [-0.3, -0.25) is 9.69 Å². The average molecular weight is 543 g/mol. The van der Waals surface area contributed by atoms with Gasteiger partial charge in [0.2, 0.25) is 0 Å². The molecule has 2 aliphatic rings.